The van der Waals surface area contributed by atoms with Crippen molar-refractivity contribution in [1.29, 1.82) is 0 Å². The molecule has 1 amide bonds. The molecule has 0 radical (unpaired) electrons. The lowest BCUT2D eigenvalue weighted by molar-refractivity contribution is 0.102. The van der Waals surface area contributed by atoms with Gasteiger partial charge in [-0.3, -0.25) is 10.1 Å². The monoisotopic (exact) mass is 295 g/mol. The number of hydrogen-bond acceptors (Lipinski definition) is 4. The summed E-state index contributed by atoms with van der Waals surface area (Å²) in [5, 5.41) is 3.72. The van der Waals surface area contributed by atoms with Gasteiger partial charge in [-0.25, -0.2) is 9.97 Å². The van der Waals surface area contributed by atoms with Crippen molar-refractivity contribution in [3.05, 3.63) is 39.1 Å². The maximum Gasteiger partial charge on any atom is 0.257 e. The van der Waals surface area contributed by atoms with Crippen LogP contribution in [0.3, 0.4) is 0 Å². The van der Waals surface area contributed by atoms with Crippen LogP contribution in [0.4, 0.5) is 5.13 Å². The fraction of sp³-hybridized carbons (Fsp3) is 0.308. The van der Waals surface area contributed by atoms with Crippen LogP contribution < -0.4 is 5.32 Å². The molecule has 0 aliphatic heterocycles. The van der Waals surface area contributed by atoms with E-state index in [2.05, 4.69) is 15.3 Å². The molecule has 4 nitrogen and oxygen atoms in total. The van der Waals surface area contributed by atoms with Gasteiger partial charge in [-0.15, -0.1) is 11.3 Å². The van der Waals surface area contributed by atoms with Crippen LogP contribution in [-0.4, -0.2) is 15.9 Å². The van der Waals surface area contributed by atoms with E-state index in [1.165, 1.54) is 11.3 Å². The number of anilines is 1. The van der Waals surface area contributed by atoms with Gasteiger partial charge in [0.1, 0.15) is 5.15 Å². The van der Waals surface area contributed by atoms with E-state index >= 15 is 0 Å². The Morgan fingerprint density at radius 2 is 2.11 bits per heavy atom. The molecule has 2 rings (SSSR count). The lowest BCUT2D eigenvalue weighted by atomic mass is 10.2. The molecular weight excluding hydrogens is 282 g/mol. The van der Waals surface area contributed by atoms with Crippen LogP contribution >= 0.6 is 22.9 Å². The highest BCUT2D eigenvalue weighted by molar-refractivity contribution is 7.15. The van der Waals surface area contributed by atoms with E-state index in [0.29, 0.717) is 21.5 Å². The number of halogens is 1. The second kappa shape index (κ2) is 5.67. The van der Waals surface area contributed by atoms with Crippen molar-refractivity contribution in [1.82, 2.24) is 9.97 Å². The molecule has 6 heteroatoms. The molecule has 0 unspecified atom stereocenters. The molecule has 19 heavy (non-hydrogen) atoms. The smallest absolute Gasteiger partial charge is 0.257 e. The molecule has 0 saturated heterocycles. The van der Waals surface area contributed by atoms with Gasteiger partial charge < -0.3 is 0 Å². The van der Waals surface area contributed by atoms with Crippen LogP contribution in [0.15, 0.2) is 12.1 Å². The summed E-state index contributed by atoms with van der Waals surface area (Å²) in [7, 11) is 0. The van der Waals surface area contributed by atoms with Crippen molar-refractivity contribution in [3.63, 3.8) is 0 Å². The first-order valence-electron chi connectivity index (χ1n) is 5.91. The highest BCUT2D eigenvalue weighted by Gasteiger charge is 2.12. The Morgan fingerprint density at radius 3 is 2.68 bits per heavy atom. The molecule has 0 spiro atoms. The van der Waals surface area contributed by atoms with Crippen LogP contribution in [0.2, 0.25) is 5.15 Å². The largest absolute Gasteiger partial charge is 0.298 e. The van der Waals surface area contributed by atoms with Crippen molar-refractivity contribution in [2.24, 2.45) is 0 Å². The number of nitrogens with one attached hydrogen (secondary N) is 1. The molecule has 0 aliphatic carbocycles. The van der Waals surface area contributed by atoms with Gasteiger partial charge in [0.25, 0.3) is 5.91 Å². The fourth-order valence-corrected chi connectivity index (χ4v) is 2.89. The van der Waals surface area contributed by atoms with Gasteiger partial charge in [-0.1, -0.05) is 18.5 Å². The molecular formula is C13H14ClN3OS. The molecule has 2 heterocycles. The summed E-state index contributed by atoms with van der Waals surface area (Å²) in [6, 6.07) is 3.24. The second-order valence-electron chi connectivity index (χ2n) is 4.15. The first-order chi connectivity index (χ1) is 8.99. The Kier molecular flexibility index (Phi) is 4.17. The average Bonchev–Trinajstić information content (AvgIpc) is 2.68. The van der Waals surface area contributed by atoms with Crippen molar-refractivity contribution in [2.75, 3.05) is 5.32 Å². The minimum atomic E-state index is -0.219. The van der Waals surface area contributed by atoms with Gasteiger partial charge in [0.15, 0.2) is 5.13 Å². The highest BCUT2D eigenvalue weighted by Crippen LogP contribution is 2.23. The Bertz CT molecular complexity index is 604. The van der Waals surface area contributed by atoms with E-state index in [1.807, 2.05) is 13.8 Å². The summed E-state index contributed by atoms with van der Waals surface area (Å²) < 4.78 is 0. The topological polar surface area (TPSA) is 54.9 Å². The van der Waals surface area contributed by atoms with Gasteiger partial charge in [0.05, 0.1) is 5.69 Å². The van der Waals surface area contributed by atoms with Gasteiger partial charge in [-0.05, 0) is 32.4 Å². The normalized spacial score (nSPS) is 10.5. The van der Waals surface area contributed by atoms with Crippen molar-refractivity contribution in [2.45, 2.75) is 27.2 Å². The zero-order valence-corrected chi connectivity index (χ0v) is 12.5. The average molecular weight is 296 g/mol. The van der Waals surface area contributed by atoms with E-state index in [1.54, 1.807) is 19.1 Å². The van der Waals surface area contributed by atoms with Crippen molar-refractivity contribution in [3.8, 4) is 0 Å². The summed E-state index contributed by atoms with van der Waals surface area (Å²) in [6.07, 6.45) is 0.860. The number of aromatic nitrogens is 2. The number of rotatable bonds is 3. The Balaban J connectivity index is 2.20. The Labute approximate surface area is 120 Å². The lowest BCUT2D eigenvalue weighted by Gasteiger charge is -2.03. The molecule has 100 valence electrons. The van der Waals surface area contributed by atoms with E-state index in [-0.39, 0.29) is 5.91 Å². The number of hydrogen-bond donors (Lipinski definition) is 1. The number of carbonyl (C=O) groups is 1. The first-order valence-corrected chi connectivity index (χ1v) is 7.11. The molecule has 0 fully saturated rings. The minimum Gasteiger partial charge on any atom is -0.298 e. The predicted octanol–water partition coefficient (Wildman–Crippen LogP) is 3.62. The summed E-state index contributed by atoms with van der Waals surface area (Å²) in [5.74, 6) is -0.219. The van der Waals surface area contributed by atoms with E-state index in [4.69, 9.17) is 11.6 Å². The minimum absolute atomic E-state index is 0.219. The molecule has 0 aromatic carbocycles. The Morgan fingerprint density at radius 1 is 1.37 bits per heavy atom. The van der Waals surface area contributed by atoms with Crippen LogP contribution in [-0.2, 0) is 6.42 Å². The zero-order chi connectivity index (χ0) is 14.0. The maximum absolute atomic E-state index is 12.1. The van der Waals surface area contributed by atoms with Gasteiger partial charge in [-0.2, -0.15) is 0 Å². The lowest BCUT2D eigenvalue weighted by Crippen LogP contribution is -2.12. The molecule has 1 N–H and O–H groups in total. The second-order valence-corrected chi connectivity index (χ2v) is 5.74. The van der Waals surface area contributed by atoms with Crippen molar-refractivity contribution >= 4 is 34.0 Å². The zero-order valence-electron chi connectivity index (χ0n) is 11.0. The Hall–Kier alpha value is -1.46. The summed E-state index contributed by atoms with van der Waals surface area (Å²) in [4.78, 5) is 21.6. The van der Waals surface area contributed by atoms with E-state index in [0.717, 1.165) is 17.0 Å². The quantitative estimate of drug-likeness (QED) is 0.880. The molecule has 2 aromatic rings. The summed E-state index contributed by atoms with van der Waals surface area (Å²) >= 11 is 7.32. The summed E-state index contributed by atoms with van der Waals surface area (Å²) in [5.41, 5.74) is 2.22. The molecule has 0 aliphatic rings. The fourth-order valence-electron chi connectivity index (χ4n) is 1.74. The standard InChI is InChI=1S/C13H14ClN3OS/c1-4-10-8(3)19-13(16-10)17-12(18)9-5-7(2)15-11(14)6-9/h5-6H,4H2,1-3H3,(H,16,17,18). The third kappa shape index (κ3) is 3.30. The first kappa shape index (κ1) is 14.0. The number of carbonyl (C=O) groups excluding carboxylic acids is 1. The van der Waals surface area contributed by atoms with Gasteiger partial charge in [0.2, 0.25) is 0 Å². The summed E-state index contributed by atoms with van der Waals surface area (Å²) in [6.45, 7) is 5.84. The van der Waals surface area contributed by atoms with Crippen LogP contribution in [0, 0.1) is 13.8 Å². The SMILES string of the molecule is CCc1nc(NC(=O)c2cc(C)nc(Cl)c2)sc1C. The number of amides is 1. The molecule has 0 atom stereocenters. The highest BCUT2D eigenvalue weighted by atomic mass is 35.5. The van der Waals surface area contributed by atoms with Crippen LogP contribution in [0.25, 0.3) is 0 Å². The number of nitrogens with zero attached hydrogens (tertiary/aromatic N) is 2. The van der Waals surface area contributed by atoms with E-state index in [9.17, 15) is 4.79 Å². The third-order valence-electron chi connectivity index (χ3n) is 2.63. The van der Waals surface area contributed by atoms with E-state index < -0.39 is 0 Å². The van der Waals surface area contributed by atoms with Crippen molar-refractivity contribution < 1.29 is 4.79 Å². The predicted molar refractivity (Wildman–Crippen MR) is 78.2 cm³/mol. The number of thiazole rings is 1. The molecule has 0 bridgehead atoms. The molecule has 2 aromatic heterocycles. The van der Waals surface area contributed by atoms with Crippen LogP contribution in [0.5, 0.6) is 0 Å². The van der Waals surface area contributed by atoms with Gasteiger partial charge in [0, 0.05) is 16.1 Å². The van der Waals surface area contributed by atoms with Crippen LogP contribution in [0.1, 0.15) is 33.5 Å². The maximum atomic E-state index is 12.1. The number of pyridine rings is 1. The number of aryl methyl sites for hydroxylation is 3. The molecule has 0 saturated carbocycles. The van der Waals surface area contributed by atoms with Gasteiger partial charge >= 0.3 is 0 Å². The third-order valence-corrected chi connectivity index (χ3v) is 3.75.